The fourth-order valence-corrected chi connectivity index (χ4v) is 2.43. The average Bonchev–Trinajstić information content (AvgIpc) is 3.05. The molecule has 8 heteroatoms. The molecule has 0 fully saturated rings. The predicted molar refractivity (Wildman–Crippen MR) is 85.0 cm³/mol. The van der Waals surface area contributed by atoms with Crippen molar-refractivity contribution in [2.24, 2.45) is 0 Å². The Morgan fingerprint density at radius 2 is 1.91 bits per heavy atom. The van der Waals surface area contributed by atoms with Crippen molar-refractivity contribution in [1.29, 1.82) is 0 Å². The zero-order chi connectivity index (χ0) is 16.8. The predicted octanol–water partition coefficient (Wildman–Crippen LogP) is 1.81. The fourth-order valence-electron chi connectivity index (χ4n) is 1.63. The van der Waals surface area contributed by atoms with Gasteiger partial charge in [0.05, 0.1) is 0 Å². The zero-order valence-corrected chi connectivity index (χ0v) is 13.3. The Balaban J connectivity index is 2.00. The highest BCUT2D eigenvalue weighted by atomic mass is 32.1. The van der Waals surface area contributed by atoms with Crippen LogP contribution in [0, 0.1) is 0 Å². The first-order valence-electron chi connectivity index (χ1n) is 6.75. The Morgan fingerprint density at radius 1 is 1.22 bits per heavy atom. The fraction of sp³-hybridized carbons (Fsp3) is 0.200. The minimum atomic E-state index is -1.11. The SMILES string of the molecule is CNC(=O)NC(=O)[C@@H](C)OC(=O)c1csc(-c2ccccc2)n1. The maximum atomic E-state index is 12.0. The van der Waals surface area contributed by atoms with E-state index in [1.54, 1.807) is 5.38 Å². The van der Waals surface area contributed by atoms with Gasteiger partial charge in [-0.05, 0) is 6.92 Å². The molecule has 7 nitrogen and oxygen atoms in total. The second-order valence-corrected chi connectivity index (χ2v) is 5.38. The molecule has 0 bridgehead atoms. The molecule has 0 unspecified atom stereocenters. The quantitative estimate of drug-likeness (QED) is 0.832. The summed E-state index contributed by atoms with van der Waals surface area (Å²) < 4.78 is 5.01. The molecule has 1 heterocycles. The first-order valence-corrected chi connectivity index (χ1v) is 7.63. The van der Waals surface area contributed by atoms with Gasteiger partial charge in [0.15, 0.2) is 11.8 Å². The molecule has 120 valence electrons. The Labute approximate surface area is 136 Å². The van der Waals surface area contributed by atoms with Crippen LogP contribution in [0.3, 0.4) is 0 Å². The van der Waals surface area contributed by atoms with Crippen molar-refractivity contribution in [3.05, 3.63) is 41.4 Å². The first kappa shape index (κ1) is 16.6. The van der Waals surface area contributed by atoms with Gasteiger partial charge < -0.3 is 10.1 Å². The van der Waals surface area contributed by atoms with Gasteiger partial charge >= 0.3 is 12.0 Å². The Morgan fingerprint density at radius 3 is 2.57 bits per heavy atom. The van der Waals surface area contributed by atoms with Crippen LogP contribution in [0.2, 0.25) is 0 Å². The van der Waals surface area contributed by atoms with Crippen molar-refractivity contribution < 1.29 is 19.1 Å². The lowest BCUT2D eigenvalue weighted by molar-refractivity contribution is -0.127. The van der Waals surface area contributed by atoms with Gasteiger partial charge in [-0.1, -0.05) is 30.3 Å². The van der Waals surface area contributed by atoms with E-state index in [0.717, 1.165) is 5.56 Å². The van der Waals surface area contributed by atoms with Crippen molar-refractivity contribution in [1.82, 2.24) is 15.6 Å². The number of carbonyl (C=O) groups excluding carboxylic acids is 3. The minimum Gasteiger partial charge on any atom is -0.448 e. The van der Waals surface area contributed by atoms with Crippen LogP contribution in [0.5, 0.6) is 0 Å². The summed E-state index contributed by atoms with van der Waals surface area (Å²) in [7, 11) is 1.37. The molecule has 0 saturated heterocycles. The summed E-state index contributed by atoms with van der Waals surface area (Å²) in [5.41, 5.74) is 1.01. The second kappa shape index (κ2) is 7.50. The number of imide groups is 1. The van der Waals surface area contributed by atoms with Gasteiger partial charge in [0.2, 0.25) is 0 Å². The number of rotatable bonds is 4. The monoisotopic (exact) mass is 333 g/mol. The van der Waals surface area contributed by atoms with Crippen molar-refractivity contribution in [2.45, 2.75) is 13.0 Å². The lowest BCUT2D eigenvalue weighted by Gasteiger charge is -2.11. The highest BCUT2D eigenvalue weighted by Gasteiger charge is 2.22. The molecule has 23 heavy (non-hydrogen) atoms. The number of esters is 1. The molecular formula is C15H15N3O4S. The van der Waals surface area contributed by atoms with Gasteiger partial charge in [-0.15, -0.1) is 11.3 Å². The molecule has 0 aliphatic heterocycles. The Bertz CT molecular complexity index is 715. The third-order valence-electron chi connectivity index (χ3n) is 2.85. The molecule has 1 aromatic carbocycles. The van der Waals surface area contributed by atoms with E-state index >= 15 is 0 Å². The van der Waals surface area contributed by atoms with E-state index in [9.17, 15) is 14.4 Å². The molecule has 2 rings (SSSR count). The molecule has 3 amide bonds. The van der Waals surface area contributed by atoms with Crippen LogP contribution in [0.25, 0.3) is 10.6 Å². The summed E-state index contributed by atoms with van der Waals surface area (Å²) in [6, 6.07) is 8.73. The highest BCUT2D eigenvalue weighted by Crippen LogP contribution is 2.23. The van der Waals surface area contributed by atoms with Gasteiger partial charge in [-0.25, -0.2) is 14.6 Å². The minimum absolute atomic E-state index is 0.119. The number of aromatic nitrogens is 1. The second-order valence-electron chi connectivity index (χ2n) is 4.52. The molecule has 2 N–H and O–H groups in total. The van der Waals surface area contributed by atoms with E-state index in [0.29, 0.717) is 5.01 Å². The third kappa shape index (κ3) is 4.36. The van der Waals surface area contributed by atoms with Crippen LogP contribution in [-0.4, -0.2) is 36.0 Å². The largest absolute Gasteiger partial charge is 0.448 e. The van der Waals surface area contributed by atoms with Gasteiger partial charge in [0.1, 0.15) is 5.01 Å². The normalized spacial score (nSPS) is 11.4. The number of hydrogen-bond donors (Lipinski definition) is 2. The summed E-state index contributed by atoms with van der Waals surface area (Å²) in [6.07, 6.45) is -1.11. The van der Waals surface area contributed by atoms with Crippen LogP contribution in [0.1, 0.15) is 17.4 Å². The standard InChI is InChI=1S/C15H15N3O4S/c1-9(12(19)18-15(21)16-2)22-14(20)11-8-23-13(17-11)10-6-4-3-5-7-10/h3-9H,1-2H3,(H2,16,18,19,21)/t9-/m1/s1. The number of amides is 3. The van der Waals surface area contributed by atoms with Gasteiger partial charge in [0, 0.05) is 18.0 Å². The van der Waals surface area contributed by atoms with E-state index in [1.807, 2.05) is 35.6 Å². The third-order valence-corrected chi connectivity index (χ3v) is 3.74. The number of benzene rings is 1. The highest BCUT2D eigenvalue weighted by molar-refractivity contribution is 7.13. The van der Waals surface area contributed by atoms with Crippen molar-refractivity contribution in [3.8, 4) is 10.6 Å². The van der Waals surface area contributed by atoms with Crippen LogP contribution in [-0.2, 0) is 9.53 Å². The van der Waals surface area contributed by atoms with Crippen LogP contribution in [0.15, 0.2) is 35.7 Å². The van der Waals surface area contributed by atoms with Crippen molar-refractivity contribution in [2.75, 3.05) is 7.05 Å². The number of hydrogen-bond acceptors (Lipinski definition) is 6. The molecule has 0 spiro atoms. The number of urea groups is 1. The van der Waals surface area contributed by atoms with Crippen LogP contribution < -0.4 is 10.6 Å². The molecular weight excluding hydrogens is 318 g/mol. The topological polar surface area (TPSA) is 97.4 Å². The van der Waals surface area contributed by atoms with E-state index in [1.165, 1.54) is 25.3 Å². The van der Waals surface area contributed by atoms with Gasteiger partial charge in [-0.2, -0.15) is 0 Å². The van der Waals surface area contributed by atoms with Crippen LogP contribution >= 0.6 is 11.3 Å². The number of nitrogens with one attached hydrogen (secondary N) is 2. The number of ether oxygens (including phenoxy) is 1. The number of carbonyl (C=O) groups is 3. The number of thiazole rings is 1. The van der Waals surface area contributed by atoms with Gasteiger partial charge in [-0.3, -0.25) is 10.1 Å². The summed E-state index contributed by atoms with van der Waals surface area (Å²) in [5, 5.41) is 6.51. The summed E-state index contributed by atoms with van der Waals surface area (Å²) in [4.78, 5) is 38.9. The average molecular weight is 333 g/mol. The van der Waals surface area contributed by atoms with Crippen molar-refractivity contribution in [3.63, 3.8) is 0 Å². The van der Waals surface area contributed by atoms with E-state index in [-0.39, 0.29) is 5.69 Å². The lowest BCUT2D eigenvalue weighted by Crippen LogP contribution is -2.43. The Hall–Kier alpha value is -2.74. The summed E-state index contributed by atoms with van der Waals surface area (Å²) in [6.45, 7) is 1.38. The zero-order valence-electron chi connectivity index (χ0n) is 12.5. The maximum Gasteiger partial charge on any atom is 0.358 e. The molecule has 0 aliphatic rings. The first-order chi connectivity index (χ1) is 11.0. The molecule has 0 aliphatic carbocycles. The van der Waals surface area contributed by atoms with E-state index in [4.69, 9.17) is 4.74 Å². The number of nitrogens with zero attached hydrogens (tertiary/aromatic N) is 1. The van der Waals surface area contributed by atoms with Crippen LogP contribution in [0.4, 0.5) is 4.79 Å². The summed E-state index contributed by atoms with van der Waals surface area (Å²) in [5.74, 6) is -1.43. The van der Waals surface area contributed by atoms with E-state index in [2.05, 4.69) is 10.3 Å². The summed E-state index contributed by atoms with van der Waals surface area (Å²) >= 11 is 1.30. The van der Waals surface area contributed by atoms with Crippen molar-refractivity contribution >= 4 is 29.2 Å². The molecule has 2 aromatic rings. The van der Waals surface area contributed by atoms with E-state index < -0.39 is 24.0 Å². The van der Waals surface area contributed by atoms with Gasteiger partial charge in [0.25, 0.3) is 5.91 Å². The molecule has 0 radical (unpaired) electrons. The molecule has 0 saturated carbocycles. The molecule has 1 atom stereocenters. The lowest BCUT2D eigenvalue weighted by atomic mass is 10.2. The maximum absolute atomic E-state index is 12.0. The smallest absolute Gasteiger partial charge is 0.358 e. The molecule has 1 aromatic heterocycles. The Kier molecular flexibility index (Phi) is 5.42.